The van der Waals surface area contributed by atoms with Crippen LogP contribution in [-0.2, 0) is 20.9 Å². The van der Waals surface area contributed by atoms with Crippen molar-refractivity contribution in [2.45, 2.75) is 39.3 Å². The number of nitrogens with zero attached hydrogens (tertiary/aromatic N) is 4. The number of carboxylic acid groups (broad SMARTS) is 1. The third-order valence-electron chi connectivity index (χ3n) is 6.33. The number of aromatic nitrogens is 2. The maximum Gasteiger partial charge on any atom is 0.409 e. The summed E-state index contributed by atoms with van der Waals surface area (Å²) in [5.41, 5.74) is 1.09. The van der Waals surface area contributed by atoms with Crippen LogP contribution in [0.1, 0.15) is 41.7 Å². The molecule has 4 rings (SSSR count). The third-order valence-corrected chi connectivity index (χ3v) is 6.33. The van der Waals surface area contributed by atoms with E-state index < -0.39 is 29.9 Å². The second-order valence-corrected chi connectivity index (χ2v) is 9.21. The molecule has 0 bridgehead atoms. The second kappa shape index (κ2) is 12.9. The molecule has 3 amide bonds. The zero-order chi connectivity index (χ0) is 28.6. The highest BCUT2D eigenvalue weighted by Crippen LogP contribution is 2.26. The molecule has 1 atom stereocenters. The van der Waals surface area contributed by atoms with Gasteiger partial charge >= 0.3 is 12.1 Å². The van der Waals surface area contributed by atoms with E-state index in [1.807, 2.05) is 12.1 Å². The lowest BCUT2D eigenvalue weighted by atomic mass is 10.1. The number of para-hydroxylation sites is 1. The largest absolute Gasteiger partial charge is 0.486 e. The number of carbonyl (C=O) groups excluding carboxylic acids is 3. The number of carboxylic acids is 1. The van der Waals surface area contributed by atoms with Crippen LogP contribution in [0.4, 0.5) is 4.79 Å². The number of piperazine rings is 1. The second-order valence-electron chi connectivity index (χ2n) is 9.21. The average molecular weight is 554 g/mol. The molecule has 40 heavy (non-hydrogen) atoms. The highest BCUT2D eigenvalue weighted by atomic mass is 16.6. The number of fused-ring (bicyclic) bond motifs is 1. The molecule has 0 radical (unpaired) electrons. The molecule has 1 fully saturated rings. The number of benzene rings is 1. The summed E-state index contributed by atoms with van der Waals surface area (Å²) in [5, 5.41) is 16.5. The molecule has 0 unspecified atom stereocenters. The van der Waals surface area contributed by atoms with E-state index >= 15 is 0 Å². The summed E-state index contributed by atoms with van der Waals surface area (Å²) in [6.07, 6.45) is -0.888. The van der Waals surface area contributed by atoms with Crippen molar-refractivity contribution in [2.75, 3.05) is 32.8 Å². The minimum Gasteiger partial charge on any atom is -0.486 e. The zero-order valence-corrected chi connectivity index (χ0v) is 22.3. The first-order chi connectivity index (χ1) is 19.2. The maximum absolute atomic E-state index is 13.3. The van der Waals surface area contributed by atoms with Crippen molar-refractivity contribution in [1.29, 1.82) is 0 Å². The number of rotatable bonds is 10. The Morgan fingerprint density at radius 1 is 1.10 bits per heavy atom. The number of hydrogen-bond donors (Lipinski definition) is 2. The van der Waals surface area contributed by atoms with Crippen LogP contribution in [0.3, 0.4) is 0 Å². The van der Waals surface area contributed by atoms with Gasteiger partial charge in [-0.2, -0.15) is 0 Å². The molecule has 1 aromatic carbocycles. The van der Waals surface area contributed by atoms with E-state index in [1.54, 1.807) is 32.0 Å². The molecule has 13 nitrogen and oxygen atoms in total. The molecule has 0 saturated carbocycles. The average Bonchev–Trinajstić information content (AvgIpc) is 3.38. The van der Waals surface area contributed by atoms with Crippen molar-refractivity contribution in [1.82, 2.24) is 25.3 Å². The number of ether oxygens (including phenoxy) is 2. The molecule has 2 aromatic heterocycles. The molecule has 1 aliphatic rings. The van der Waals surface area contributed by atoms with Gasteiger partial charge in [-0.05, 0) is 32.4 Å². The normalized spacial score (nSPS) is 14.1. The first-order valence-electron chi connectivity index (χ1n) is 12.9. The van der Waals surface area contributed by atoms with E-state index in [2.05, 4.69) is 15.5 Å². The summed E-state index contributed by atoms with van der Waals surface area (Å²) in [5.74, 6) is -1.15. The summed E-state index contributed by atoms with van der Waals surface area (Å²) in [7, 11) is 0. The monoisotopic (exact) mass is 553 g/mol. The van der Waals surface area contributed by atoms with Crippen molar-refractivity contribution in [3.05, 3.63) is 53.5 Å². The van der Waals surface area contributed by atoms with Crippen molar-refractivity contribution >= 4 is 34.8 Å². The number of aliphatic carboxylic acids is 1. The van der Waals surface area contributed by atoms with Gasteiger partial charge in [0.1, 0.15) is 35.5 Å². The Morgan fingerprint density at radius 2 is 1.82 bits per heavy atom. The van der Waals surface area contributed by atoms with Crippen LogP contribution in [0, 0.1) is 6.92 Å². The predicted octanol–water partition coefficient (Wildman–Crippen LogP) is 2.37. The van der Waals surface area contributed by atoms with E-state index in [0.29, 0.717) is 28.1 Å². The van der Waals surface area contributed by atoms with Crippen LogP contribution < -0.4 is 10.1 Å². The van der Waals surface area contributed by atoms with Gasteiger partial charge in [0.2, 0.25) is 5.91 Å². The first-order valence-corrected chi connectivity index (χ1v) is 12.9. The molecule has 1 saturated heterocycles. The van der Waals surface area contributed by atoms with Gasteiger partial charge in [0, 0.05) is 50.1 Å². The molecular formula is C27H31N5O8. The Bertz CT molecular complexity index is 1380. The Balaban J connectivity index is 1.50. The summed E-state index contributed by atoms with van der Waals surface area (Å²) in [4.78, 5) is 57.4. The van der Waals surface area contributed by atoms with Gasteiger partial charge in [-0.15, -0.1) is 0 Å². The van der Waals surface area contributed by atoms with E-state index in [4.69, 9.17) is 14.0 Å². The summed E-state index contributed by atoms with van der Waals surface area (Å²) < 4.78 is 16.0. The maximum atomic E-state index is 13.3. The van der Waals surface area contributed by atoms with Crippen LogP contribution in [-0.4, -0.2) is 87.8 Å². The van der Waals surface area contributed by atoms with Crippen LogP contribution in [0.2, 0.25) is 0 Å². The van der Waals surface area contributed by atoms with Crippen LogP contribution >= 0.6 is 0 Å². The molecule has 212 valence electrons. The van der Waals surface area contributed by atoms with Crippen molar-refractivity contribution in [2.24, 2.45) is 0 Å². The predicted molar refractivity (Wildman–Crippen MR) is 141 cm³/mol. The Labute approximate surface area is 230 Å². The molecule has 3 heterocycles. The van der Waals surface area contributed by atoms with Crippen molar-refractivity contribution < 1.29 is 38.3 Å². The summed E-state index contributed by atoms with van der Waals surface area (Å²) >= 11 is 0. The number of nitrogens with one attached hydrogen (secondary N) is 1. The van der Waals surface area contributed by atoms with Crippen LogP contribution in [0.5, 0.6) is 5.75 Å². The standard InChI is InChI=1S/C27H31N5O8/c1-3-38-27(37)32-12-10-31(11-13-32)26(36)21(8-9-24(33)34)29-25(35)22-15-23(19-6-4-5-7-20(19)28-22)39-16-18-14-17(2)40-30-18/h4-7,14-15,21H,3,8-13,16H2,1-2H3,(H,29,35)(H,33,34)/t21-/m0/s1. The molecule has 13 heteroatoms. The van der Waals surface area contributed by atoms with Crippen LogP contribution in [0.15, 0.2) is 40.9 Å². The quantitative estimate of drug-likeness (QED) is 0.381. The number of carbonyl (C=O) groups is 4. The van der Waals surface area contributed by atoms with Crippen molar-refractivity contribution in [3.63, 3.8) is 0 Å². The van der Waals surface area contributed by atoms with E-state index in [0.717, 1.165) is 0 Å². The molecule has 1 aliphatic heterocycles. The highest BCUT2D eigenvalue weighted by Gasteiger charge is 2.31. The van der Waals surface area contributed by atoms with Crippen LogP contribution in [0.25, 0.3) is 10.9 Å². The van der Waals surface area contributed by atoms with Gasteiger partial charge in [0.15, 0.2) is 0 Å². The molecular weight excluding hydrogens is 522 g/mol. The molecule has 2 N–H and O–H groups in total. The van der Waals surface area contributed by atoms with Gasteiger partial charge in [0.25, 0.3) is 5.91 Å². The fourth-order valence-electron chi connectivity index (χ4n) is 4.32. The number of hydrogen-bond acceptors (Lipinski definition) is 9. The molecule has 3 aromatic rings. The number of aryl methyl sites for hydroxylation is 1. The Kier molecular flexibility index (Phi) is 9.15. The molecule has 0 aliphatic carbocycles. The third kappa shape index (κ3) is 7.04. The fraction of sp³-hybridized carbons (Fsp3) is 0.407. The minimum absolute atomic E-state index is 0.00490. The first kappa shape index (κ1) is 28.3. The Morgan fingerprint density at radius 3 is 2.50 bits per heavy atom. The van der Waals surface area contributed by atoms with Gasteiger partial charge in [-0.3, -0.25) is 14.4 Å². The SMILES string of the molecule is CCOC(=O)N1CCN(C(=O)[C@H](CCC(=O)O)NC(=O)c2cc(OCc3cc(C)on3)c3ccccc3n2)CC1. The van der Waals surface area contributed by atoms with Crippen molar-refractivity contribution in [3.8, 4) is 5.75 Å². The fourth-order valence-corrected chi connectivity index (χ4v) is 4.32. The minimum atomic E-state index is -1.10. The lowest BCUT2D eigenvalue weighted by molar-refractivity contribution is -0.138. The van der Waals surface area contributed by atoms with E-state index in [-0.39, 0.29) is 57.9 Å². The molecule has 0 spiro atoms. The lowest BCUT2D eigenvalue weighted by Crippen LogP contribution is -2.56. The lowest BCUT2D eigenvalue weighted by Gasteiger charge is -2.35. The van der Waals surface area contributed by atoms with E-state index in [1.165, 1.54) is 15.9 Å². The number of pyridine rings is 1. The van der Waals surface area contributed by atoms with Gasteiger partial charge in [0.05, 0.1) is 12.1 Å². The topological polar surface area (TPSA) is 164 Å². The van der Waals surface area contributed by atoms with Gasteiger partial charge in [-0.1, -0.05) is 17.3 Å². The highest BCUT2D eigenvalue weighted by molar-refractivity contribution is 5.99. The van der Waals surface area contributed by atoms with Gasteiger partial charge < -0.3 is 34.2 Å². The van der Waals surface area contributed by atoms with Gasteiger partial charge in [-0.25, -0.2) is 9.78 Å². The summed E-state index contributed by atoms with van der Waals surface area (Å²) in [6.45, 7) is 4.81. The zero-order valence-electron chi connectivity index (χ0n) is 22.3. The Hall–Kier alpha value is -4.68. The smallest absolute Gasteiger partial charge is 0.409 e. The van der Waals surface area contributed by atoms with E-state index in [9.17, 15) is 24.3 Å². The summed E-state index contributed by atoms with van der Waals surface area (Å²) in [6, 6.07) is 9.24. The number of amides is 3.